The number of nitrogens with zero attached hydrogens (tertiary/aromatic N) is 5. The van der Waals surface area contributed by atoms with Crippen LogP contribution in [0.2, 0.25) is 0 Å². The van der Waals surface area contributed by atoms with Crippen LogP contribution in [0.15, 0.2) is 12.3 Å². The molecule has 0 aromatic carbocycles. The first-order valence-corrected chi connectivity index (χ1v) is 8.49. The Kier molecular flexibility index (Phi) is 4.45. The van der Waals surface area contributed by atoms with E-state index in [1.165, 1.54) is 5.69 Å². The molecule has 1 atom stereocenters. The SMILES string of the molecule is Cc1nc2n(c1C)CCN(C(C)C(=O)Nc1ccnn1C(C)C)C2. The van der Waals surface area contributed by atoms with Crippen molar-refractivity contribution in [2.24, 2.45) is 0 Å². The third-order valence-corrected chi connectivity index (χ3v) is 4.83. The highest BCUT2D eigenvalue weighted by molar-refractivity contribution is 5.93. The maximum Gasteiger partial charge on any atom is 0.242 e. The molecule has 1 amide bonds. The minimum absolute atomic E-state index is 0.00847. The summed E-state index contributed by atoms with van der Waals surface area (Å²) < 4.78 is 4.07. The van der Waals surface area contributed by atoms with Gasteiger partial charge < -0.3 is 9.88 Å². The standard InChI is InChI=1S/C17H26N6O/c1-11(2)23-15(6-7-18-23)20-17(24)14(5)21-8-9-22-13(4)12(3)19-16(22)10-21/h6-7,11,14H,8-10H2,1-5H3,(H,20,24). The van der Waals surface area contributed by atoms with E-state index in [9.17, 15) is 4.79 Å². The Balaban J connectivity index is 1.69. The first-order chi connectivity index (χ1) is 11.4. The molecule has 1 aliphatic rings. The molecule has 7 nitrogen and oxygen atoms in total. The quantitative estimate of drug-likeness (QED) is 0.932. The highest BCUT2D eigenvalue weighted by Gasteiger charge is 2.28. The van der Waals surface area contributed by atoms with Crippen LogP contribution >= 0.6 is 0 Å². The van der Waals surface area contributed by atoms with Gasteiger partial charge in [-0.25, -0.2) is 9.67 Å². The predicted molar refractivity (Wildman–Crippen MR) is 92.8 cm³/mol. The first kappa shape index (κ1) is 16.7. The smallest absolute Gasteiger partial charge is 0.242 e. The van der Waals surface area contributed by atoms with Crippen molar-refractivity contribution in [2.75, 3.05) is 11.9 Å². The zero-order chi connectivity index (χ0) is 17.4. The molecule has 24 heavy (non-hydrogen) atoms. The number of aromatic nitrogens is 4. The summed E-state index contributed by atoms with van der Waals surface area (Å²) in [4.78, 5) is 19.5. The Hall–Kier alpha value is -2.15. The van der Waals surface area contributed by atoms with Crippen LogP contribution in [0.1, 0.15) is 44.0 Å². The van der Waals surface area contributed by atoms with Crippen molar-refractivity contribution in [3.05, 3.63) is 29.5 Å². The number of anilines is 1. The van der Waals surface area contributed by atoms with Crippen LogP contribution in [0.4, 0.5) is 5.82 Å². The Morgan fingerprint density at radius 3 is 2.71 bits per heavy atom. The van der Waals surface area contributed by atoms with Crippen molar-refractivity contribution < 1.29 is 4.79 Å². The van der Waals surface area contributed by atoms with E-state index >= 15 is 0 Å². The molecule has 0 saturated carbocycles. The van der Waals surface area contributed by atoms with Gasteiger partial charge in [-0.1, -0.05) is 0 Å². The van der Waals surface area contributed by atoms with E-state index in [4.69, 9.17) is 0 Å². The van der Waals surface area contributed by atoms with Gasteiger partial charge in [-0.15, -0.1) is 0 Å². The number of amides is 1. The fourth-order valence-corrected chi connectivity index (χ4v) is 3.18. The summed E-state index contributed by atoms with van der Waals surface area (Å²) in [7, 11) is 0. The van der Waals surface area contributed by atoms with Gasteiger partial charge in [-0.05, 0) is 34.6 Å². The molecule has 0 bridgehead atoms. The van der Waals surface area contributed by atoms with Crippen molar-refractivity contribution in [2.45, 2.75) is 59.8 Å². The van der Waals surface area contributed by atoms with Crippen LogP contribution in [0.3, 0.4) is 0 Å². The van der Waals surface area contributed by atoms with Crippen LogP contribution < -0.4 is 5.32 Å². The maximum absolute atomic E-state index is 12.6. The molecule has 130 valence electrons. The highest BCUT2D eigenvalue weighted by Crippen LogP contribution is 2.20. The van der Waals surface area contributed by atoms with Crippen LogP contribution in [0, 0.1) is 13.8 Å². The van der Waals surface area contributed by atoms with Crippen molar-refractivity contribution in [3.8, 4) is 0 Å². The average molecular weight is 330 g/mol. The molecule has 2 aromatic rings. The number of rotatable bonds is 4. The fourth-order valence-electron chi connectivity index (χ4n) is 3.18. The van der Waals surface area contributed by atoms with E-state index in [0.717, 1.165) is 30.4 Å². The highest BCUT2D eigenvalue weighted by atomic mass is 16.2. The van der Waals surface area contributed by atoms with E-state index < -0.39 is 0 Å². The lowest BCUT2D eigenvalue weighted by molar-refractivity contribution is -0.121. The van der Waals surface area contributed by atoms with E-state index in [2.05, 4.69) is 31.8 Å². The summed E-state index contributed by atoms with van der Waals surface area (Å²) in [5.74, 6) is 1.78. The molecule has 2 aromatic heterocycles. The van der Waals surface area contributed by atoms with Gasteiger partial charge in [-0.3, -0.25) is 9.69 Å². The number of hydrogen-bond donors (Lipinski definition) is 1. The third-order valence-electron chi connectivity index (χ3n) is 4.83. The van der Waals surface area contributed by atoms with Gasteiger partial charge in [0.2, 0.25) is 5.91 Å². The molecule has 0 spiro atoms. The molecular formula is C17H26N6O. The minimum atomic E-state index is -0.216. The number of nitrogens with one attached hydrogen (secondary N) is 1. The lowest BCUT2D eigenvalue weighted by Gasteiger charge is -2.32. The van der Waals surface area contributed by atoms with E-state index in [0.29, 0.717) is 6.54 Å². The topological polar surface area (TPSA) is 68.0 Å². The Bertz CT molecular complexity index is 744. The predicted octanol–water partition coefficient (Wildman–Crippen LogP) is 2.12. The zero-order valence-corrected chi connectivity index (χ0v) is 15.1. The largest absolute Gasteiger partial charge is 0.330 e. The van der Waals surface area contributed by atoms with Gasteiger partial charge in [0.05, 0.1) is 24.5 Å². The minimum Gasteiger partial charge on any atom is -0.330 e. The van der Waals surface area contributed by atoms with Gasteiger partial charge in [0, 0.05) is 30.9 Å². The first-order valence-electron chi connectivity index (χ1n) is 8.49. The second kappa shape index (κ2) is 6.39. The van der Waals surface area contributed by atoms with Gasteiger partial charge >= 0.3 is 0 Å². The van der Waals surface area contributed by atoms with Crippen LogP contribution in [-0.4, -0.2) is 42.7 Å². The lowest BCUT2D eigenvalue weighted by Crippen LogP contribution is -2.46. The number of carbonyl (C=O) groups excluding carboxylic acids is 1. The molecule has 7 heteroatoms. The number of fused-ring (bicyclic) bond motifs is 1. The second-order valence-corrected chi connectivity index (χ2v) is 6.74. The summed E-state index contributed by atoms with van der Waals surface area (Å²) in [6, 6.07) is 1.82. The van der Waals surface area contributed by atoms with Gasteiger partial charge in [-0.2, -0.15) is 5.10 Å². The Morgan fingerprint density at radius 2 is 2.00 bits per heavy atom. The molecule has 0 aliphatic carbocycles. The van der Waals surface area contributed by atoms with Crippen LogP contribution in [0.25, 0.3) is 0 Å². The molecule has 1 unspecified atom stereocenters. The van der Waals surface area contributed by atoms with Crippen LogP contribution in [0.5, 0.6) is 0 Å². The van der Waals surface area contributed by atoms with Gasteiger partial charge in [0.1, 0.15) is 11.6 Å². The fraction of sp³-hybridized carbons (Fsp3) is 0.588. The monoisotopic (exact) mass is 330 g/mol. The Morgan fingerprint density at radius 1 is 1.25 bits per heavy atom. The maximum atomic E-state index is 12.6. The van der Waals surface area contributed by atoms with Crippen molar-refractivity contribution in [1.82, 2.24) is 24.2 Å². The van der Waals surface area contributed by atoms with Crippen LogP contribution in [-0.2, 0) is 17.9 Å². The molecule has 3 heterocycles. The third kappa shape index (κ3) is 2.96. The van der Waals surface area contributed by atoms with Crippen molar-refractivity contribution in [3.63, 3.8) is 0 Å². The second-order valence-electron chi connectivity index (χ2n) is 6.74. The summed E-state index contributed by atoms with van der Waals surface area (Å²) in [6.45, 7) is 12.6. The van der Waals surface area contributed by atoms with Gasteiger partial charge in [0.25, 0.3) is 0 Å². The Labute approximate surface area is 142 Å². The zero-order valence-electron chi connectivity index (χ0n) is 15.1. The molecule has 0 saturated heterocycles. The van der Waals surface area contributed by atoms with Gasteiger partial charge in [0.15, 0.2) is 0 Å². The summed E-state index contributed by atoms with van der Waals surface area (Å²) in [6.07, 6.45) is 1.71. The molecule has 1 N–H and O–H groups in total. The molecule has 0 fully saturated rings. The summed E-state index contributed by atoms with van der Waals surface area (Å²) >= 11 is 0. The van der Waals surface area contributed by atoms with E-state index in [-0.39, 0.29) is 18.0 Å². The normalized spacial score (nSPS) is 16.2. The van der Waals surface area contributed by atoms with E-state index in [1.54, 1.807) is 6.20 Å². The lowest BCUT2D eigenvalue weighted by atomic mass is 10.2. The summed E-state index contributed by atoms with van der Waals surface area (Å²) in [5.41, 5.74) is 2.30. The number of imidazole rings is 1. The molecule has 3 rings (SSSR count). The van der Waals surface area contributed by atoms with Crippen molar-refractivity contribution >= 4 is 11.7 Å². The van der Waals surface area contributed by atoms with Crippen molar-refractivity contribution in [1.29, 1.82) is 0 Å². The number of aryl methyl sites for hydroxylation is 1. The molecule has 0 radical (unpaired) electrons. The molecular weight excluding hydrogens is 304 g/mol. The molecule has 1 aliphatic heterocycles. The number of hydrogen-bond acceptors (Lipinski definition) is 4. The number of carbonyl (C=O) groups is 1. The average Bonchev–Trinajstić information content (AvgIpc) is 3.11. The summed E-state index contributed by atoms with van der Waals surface area (Å²) in [5, 5.41) is 7.26. The van der Waals surface area contributed by atoms with E-state index in [1.807, 2.05) is 38.4 Å².